The summed E-state index contributed by atoms with van der Waals surface area (Å²) >= 11 is 0. The van der Waals surface area contributed by atoms with Crippen LogP contribution in [0, 0.1) is 19.7 Å². The van der Waals surface area contributed by atoms with E-state index >= 15 is 0 Å². The summed E-state index contributed by atoms with van der Waals surface area (Å²) in [6, 6.07) is 9.87. The summed E-state index contributed by atoms with van der Waals surface area (Å²) in [7, 11) is -4.03. The van der Waals surface area contributed by atoms with E-state index in [1.807, 2.05) is 6.92 Å². The van der Waals surface area contributed by atoms with Gasteiger partial charge in [0.1, 0.15) is 17.3 Å². The number of urea groups is 1. The maximum absolute atomic E-state index is 15.0. The van der Waals surface area contributed by atoms with Gasteiger partial charge >= 0.3 is 16.1 Å². The van der Waals surface area contributed by atoms with Crippen LogP contribution >= 0.6 is 0 Å². The van der Waals surface area contributed by atoms with Crippen LogP contribution in [0.5, 0.6) is 5.75 Å². The van der Waals surface area contributed by atoms with Crippen molar-refractivity contribution in [2.45, 2.75) is 72.2 Å². The van der Waals surface area contributed by atoms with Crippen molar-refractivity contribution in [3.63, 3.8) is 0 Å². The molecular weight excluding hydrogens is 633 g/mol. The number of benzene rings is 2. The van der Waals surface area contributed by atoms with Gasteiger partial charge in [-0.1, -0.05) is 56.5 Å². The third-order valence-corrected chi connectivity index (χ3v) is 8.77. The largest absolute Gasteiger partial charge is 0.458 e. The molecule has 0 spiro atoms. The first kappa shape index (κ1) is 35.3. The van der Waals surface area contributed by atoms with Gasteiger partial charge in [-0.25, -0.2) is 14.1 Å². The fraction of sp³-hybridized carbons (Fsp3) is 0.394. The van der Waals surface area contributed by atoms with Gasteiger partial charge in [0, 0.05) is 12.7 Å². The molecule has 1 aliphatic heterocycles. The summed E-state index contributed by atoms with van der Waals surface area (Å²) in [5.41, 5.74) is 0.695. The van der Waals surface area contributed by atoms with Gasteiger partial charge in [-0.05, 0) is 56.5 Å². The predicted molar refractivity (Wildman–Crippen MR) is 170 cm³/mol. The monoisotopic (exact) mass is 671 g/mol. The Morgan fingerprint density at radius 1 is 1.02 bits per heavy atom. The fourth-order valence-corrected chi connectivity index (χ4v) is 6.04. The molecule has 4 rings (SSSR count). The van der Waals surface area contributed by atoms with E-state index < -0.39 is 57.5 Å². The molecule has 12 nitrogen and oxygen atoms in total. The molecule has 2 atom stereocenters. The SMILES string of the molecule is CCCCCCS(=O)(=O)Oc1ccc(F)c(NC(=O)C(C(=O)c2cc(C)c(C)o2)N2C(=O)C(OCC)N(Cc3ccccc3)C2=O)c1. The summed E-state index contributed by atoms with van der Waals surface area (Å²) in [6.45, 7) is 6.83. The summed E-state index contributed by atoms with van der Waals surface area (Å²) in [6.07, 6.45) is 1.38. The number of ether oxygens (including phenoxy) is 1. The Morgan fingerprint density at radius 2 is 1.74 bits per heavy atom. The Bertz CT molecular complexity index is 1710. The fourth-order valence-electron chi connectivity index (χ4n) is 5.00. The Balaban J connectivity index is 1.67. The number of carbonyl (C=O) groups is 4. The molecule has 2 aromatic carbocycles. The van der Waals surface area contributed by atoms with Crippen LogP contribution in [0.4, 0.5) is 14.9 Å². The number of aryl methyl sites for hydroxylation is 2. The molecule has 1 fully saturated rings. The van der Waals surface area contributed by atoms with Gasteiger partial charge in [0.25, 0.3) is 11.8 Å². The number of nitrogens with one attached hydrogen (secondary N) is 1. The van der Waals surface area contributed by atoms with Crippen LogP contribution in [0.25, 0.3) is 0 Å². The van der Waals surface area contributed by atoms with Crippen molar-refractivity contribution in [2.24, 2.45) is 0 Å². The maximum Gasteiger partial charge on any atom is 0.330 e. The predicted octanol–water partition coefficient (Wildman–Crippen LogP) is 5.34. The standard InChI is InChI=1S/C33H38FN3O9S/c1-5-7-8-12-17-47(42,43)46-24-15-16-25(34)26(19-24)35-30(39)28(29(38)27-18-21(3)22(4)45-27)37-31(40)32(44-6-2)36(33(37)41)20-23-13-10-9-11-14-23/h9-11,13-16,18-19,28,32H,5-8,12,17,20H2,1-4H3,(H,35,39). The number of Topliss-reactive ketones (excluding diaryl/α,β-unsaturated/α-hetero) is 1. The molecule has 2 unspecified atom stereocenters. The zero-order valence-corrected chi connectivity index (χ0v) is 27.5. The van der Waals surface area contributed by atoms with Gasteiger partial charge in [-0.2, -0.15) is 8.42 Å². The van der Waals surface area contributed by atoms with Gasteiger partial charge in [0.05, 0.1) is 18.0 Å². The van der Waals surface area contributed by atoms with E-state index in [0.29, 0.717) is 34.6 Å². The maximum atomic E-state index is 15.0. The Kier molecular flexibility index (Phi) is 11.5. The number of halogens is 1. The lowest BCUT2D eigenvalue weighted by atomic mass is 10.1. The lowest BCUT2D eigenvalue weighted by molar-refractivity contribution is -0.144. The quantitative estimate of drug-likeness (QED) is 0.0699. The van der Waals surface area contributed by atoms with Gasteiger partial charge in [0.15, 0.2) is 11.8 Å². The molecule has 0 aliphatic carbocycles. The highest BCUT2D eigenvalue weighted by molar-refractivity contribution is 7.87. The lowest BCUT2D eigenvalue weighted by Crippen LogP contribution is -2.52. The minimum Gasteiger partial charge on any atom is -0.458 e. The Labute approximate surface area is 272 Å². The molecule has 2 heterocycles. The summed E-state index contributed by atoms with van der Waals surface area (Å²) < 4.78 is 56.3. The number of ketones is 1. The van der Waals surface area contributed by atoms with Crippen LogP contribution in [0.2, 0.25) is 0 Å². The molecule has 1 saturated heterocycles. The number of amides is 4. The van der Waals surface area contributed by atoms with Gasteiger partial charge < -0.3 is 18.7 Å². The minimum absolute atomic E-state index is 0.0315. The van der Waals surface area contributed by atoms with Crippen molar-refractivity contribution in [1.29, 1.82) is 0 Å². The number of rotatable bonds is 16. The molecule has 1 N–H and O–H groups in total. The van der Waals surface area contributed by atoms with Gasteiger partial charge in [-0.15, -0.1) is 0 Å². The molecule has 0 bridgehead atoms. The number of imide groups is 1. The third kappa shape index (κ3) is 8.43. The van der Waals surface area contributed by atoms with Crippen LogP contribution in [0.3, 0.4) is 0 Å². The zero-order chi connectivity index (χ0) is 34.3. The van der Waals surface area contributed by atoms with Crippen molar-refractivity contribution in [3.05, 3.63) is 83.1 Å². The van der Waals surface area contributed by atoms with Crippen LogP contribution in [-0.4, -0.2) is 66.5 Å². The molecule has 0 saturated carbocycles. The Morgan fingerprint density at radius 3 is 2.38 bits per heavy atom. The molecule has 1 aromatic heterocycles. The number of carbonyl (C=O) groups excluding carboxylic acids is 4. The van der Waals surface area contributed by atoms with E-state index in [1.54, 1.807) is 51.1 Å². The topological polar surface area (TPSA) is 153 Å². The molecular formula is C33H38FN3O9S. The minimum atomic E-state index is -4.03. The number of unbranched alkanes of at least 4 members (excludes halogenated alkanes) is 3. The molecule has 1 aliphatic rings. The Hall–Kier alpha value is -4.56. The van der Waals surface area contributed by atoms with Crippen LogP contribution in [-0.2, 0) is 31.0 Å². The molecule has 252 valence electrons. The lowest BCUT2D eigenvalue weighted by Gasteiger charge is -2.24. The summed E-state index contributed by atoms with van der Waals surface area (Å²) in [5, 5.41) is 2.24. The highest BCUT2D eigenvalue weighted by Gasteiger charge is 2.53. The van der Waals surface area contributed by atoms with Crippen LogP contribution in [0.15, 0.2) is 59.0 Å². The molecule has 14 heteroatoms. The van der Waals surface area contributed by atoms with Crippen molar-refractivity contribution >= 4 is 39.4 Å². The van der Waals surface area contributed by atoms with Crippen molar-refractivity contribution < 1.29 is 45.3 Å². The van der Waals surface area contributed by atoms with Crippen LogP contribution in [0.1, 0.15) is 67.0 Å². The first-order chi connectivity index (χ1) is 22.4. The van der Waals surface area contributed by atoms with Crippen LogP contribution < -0.4 is 9.50 Å². The van der Waals surface area contributed by atoms with E-state index in [4.69, 9.17) is 13.3 Å². The molecule has 4 amide bonds. The smallest absolute Gasteiger partial charge is 0.330 e. The van der Waals surface area contributed by atoms with Crippen molar-refractivity contribution in [3.8, 4) is 5.75 Å². The normalized spacial score (nSPS) is 15.6. The van der Waals surface area contributed by atoms with E-state index in [-0.39, 0.29) is 30.4 Å². The average molecular weight is 672 g/mol. The van der Waals surface area contributed by atoms with Crippen molar-refractivity contribution in [2.75, 3.05) is 17.7 Å². The first-order valence-corrected chi connectivity index (χ1v) is 16.9. The first-order valence-electron chi connectivity index (χ1n) is 15.3. The second-order valence-electron chi connectivity index (χ2n) is 11.1. The molecule has 47 heavy (non-hydrogen) atoms. The number of nitrogens with zero attached hydrogens (tertiary/aromatic N) is 2. The highest BCUT2D eigenvalue weighted by Crippen LogP contribution is 2.29. The number of anilines is 1. The molecule has 0 radical (unpaired) electrons. The second kappa shape index (κ2) is 15.4. The van der Waals surface area contributed by atoms with E-state index in [9.17, 15) is 32.0 Å². The number of furan rings is 1. The van der Waals surface area contributed by atoms with Gasteiger partial charge in [0.2, 0.25) is 12.0 Å². The van der Waals surface area contributed by atoms with E-state index in [2.05, 4.69) is 5.32 Å². The second-order valence-corrected chi connectivity index (χ2v) is 12.8. The number of hydrogen-bond donors (Lipinski definition) is 1. The van der Waals surface area contributed by atoms with E-state index in [1.165, 1.54) is 6.07 Å². The summed E-state index contributed by atoms with van der Waals surface area (Å²) in [4.78, 5) is 56.9. The zero-order valence-electron chi connectivity index (χ0n) is 26.7. The average Bonchev–Trinajstić information content (AvgIpc) is 3.48. The number of hydrogen-bond acceptors (Lipinski definition) is 9. The van der Waals surface area contributed by atoms with Gasteiger partial charge in [-0.3, -0.25) is 19.3 Å². The third-order valence-electron chi connectivity index (χ3n) is 7.53. The van der Waals surface area contributed by atoms with E-state index in [0.717, 1.165) is 35.9 Å². The summed E-state index contributed by atoms with van der Waals surface area (Å²) in [5.74, 6) is -4.73. The van der Waals surface area contributed by atoms with Crippen molar-refractivity contribution in [1.82, 2.24) is 9.80 Å². The highest BCUT2D eigenvalue weighted by atomic mass is 32.2. The molecule has 3 aromatic rings.